The molecule has 7 nitrogen and oxygen atoms in total. The number of hydrogen-bond acceptors (Lipinski definition) is 4. The van der Waals surface area contributed by atoms with Crippen molar-refractivity contribution in [3.8, 4) is 0 Å². The number of nitrogens with zero attached hydrogens (tertiary/aromatic N) is 1. The van der Waals surface area contributed by atoms with Crippen LogP contribution in [0.3, 0.4) is 0 Å². The molecule has 3 amide bonds. The Morgan fingerprint density at radius 3 is 2.34 bits per heavy atom. The second-order valence-corrected chi connectivity index (χ2v) is 6.72. The number of hydrogen-bond donors (Lipinski definition) is 2. The molecule has 8 heteroatoms. The molecule has 1 aliphatic rings. The molecule has 1 saturated heterocycles. The standard InChI is InChI=1S/C21H22FN3O4/c22-16-5-4-8-18(13-16)23-19(26)14-29-20(27)15-9-11-25(12-10-15)21(28)24-17-6-2-1-3-7-17/h1-8,13,15H,9-12,14H2,(H,23,26)(H,24,28). The summed E-state index contributed by atoms with van der Waals surface area (Å²) < 4.78 is 18.2. The zero-order valence-electron chi connectivity index (χ0n) is 15.8. The number of carbonyl (C=O) groups excluding carboxylic acids is 3. The summed E-state index contributed by atoms with van der Waals surface area (Å²) in [7, 11) is 0. The summed E-state index contributed by atoms with van der Waals surface area (Å²) in [4.78, 5) is 38.0. The van der Waals surface area contributed by atoms with Gasteiger partial charge in [-0.05, 0) is 43.2 Å². The number of amides is 3. The van der Waals surface area contributed by atoms with Crippen molar-refractivity contribution >= 4 is 29.3 Å². The number of benzene rings is 2. The van der Waals surface area contributed by atoms with Gasteiger partial charge in [-0.3, -0.25) is 9.59 Å². The molecule has 2 N–H and O–H groups in total. The number of ether oxygens (including phenoxy) is 1. The van der Waals surface area contributed by atoms with Gasteiger partial charge in [-0.1, -0.05) is 24.3 Å². The van der Waals surface area contributed by atoms with Gasteiger partial charge in [-0.2, -0.15) is 0 Å². The highest BCUT2D eigenvalue weighted by atomic mass is 19.1. The van der Waals surface area contributed by atoms with Crippen molar-refractivity contribution in [3.05, 3.63) is 60.4 Å². The average molecular weight is 399 g/mol. The highest BCUT2D eigenvalue weighted by molar-refractivity contribution is 5.93. The van der Waals surface area contributed by atoms with E-state index in [0.717, 1.165) is 0 Å². The third-order valence-corrected chi connectivity index (χ3v) is 4.59. The maximum absolute atomic E-state index is 13.1. The molecule has 0 aliphatic carbocycles. The smallest absolute Gasteiger partial charge is 0.321 e. The fourth-order valence-electron chi connectivity index (χ4n) is 3.06. The lowest BCUT2D eigenvalue weighted by Crippen LogP contribution is -2.43. The first-order chi connectivity index (χ1) is 14.0. The van der Waals surface area contributed by atoms with Gasteiger partial charge in [0.2, 0.25) is 0 Å². The van der Waals surface area contributed by atoms with Crippen molar-refractivity contribution in [2.45, 2.75) is 12.8 Å². The number of anilines is 2. The molecule has 2 aromatic rings. The average Bonchev–Trinajstić information content (AvgIpc) is 2.73. The van der Waals surface area contributed by atoms with Gasteiger partial charge in [0, 0.05) is 24.5 Å². The molecule has 0 aromatic heterocycles. The van der Waals surface area contributed by atoms with Crippen molar-refractivity contribution < 1.29 is 23.5 Å². The minimum atomic E-state index is -0.538. The van der Waals surface area contributed by atoms with E-state index in [1.165, 1.54) is 18.2 Å². The number of rotatable bonds is 5. The summed E-state index contributed by atoms with van der Waals surface area (Å²) in [6.07, 6.45) is 0.930. The summed E-state index contributed by atoms with van der Waals surface area (Å²) in [5.41, 5.74) is 1.01. The Hall–Kier alpha value is -3.42. The van der Waals surface area contributed by atoms with Crippen LogP contribution in [0.1, 0.15) is 12.8 Å². The summed E-state index contributed by atoms with van der Waals surface area (Å²) in [6, 6.07) is 14.4. The van der Waals surface area contributed by atoms with Crippen LogP contribution in [-0.4, -0.2) is 42.5 Å². The first-order valence-corrected chi connectivity index (χ1v) is 9.34. The van der Waals surface area contributed by atoms with E-state index in [4.69, 9.17) is 4.74 Å². The predicted molar refractivity (Wildman–Crippen MR) is 106 cm³/mol. The summed E-state index contributed by atoms with van der Waals surface area (Å²) in [5, 5.41) is 5.28. The lowest BCUT2D eigenvalue weighted by molar-refractivity contribution is -0.152. The molecular formula is C21H22FN3O4. The van der Waals surface area contributed by atoms with Gasteiger partial charge in [0.15, 0.2) is 6.61 Å². The molecule has 0 unspecified atom stereocenters. The molecule has 3 rings (SSSR count). The molecule has 0 bridgehead atoms. The Morgan fingerprint density at radius 2 is 1.66 bits per heavy atom. The van der Waals surface area contributed by atoms with E-state index in [2.05, 4.69) is 10.6 Å². The maximum atomic E-state index is 13.1. The number of piperidine rings is 1. The Kier molecular flexibility index (Phi) is 6.78. The second-order valence-electron chi connectivity index (χ2n) is 6.72. The number of nitrogens with one attached hydrogen (secondary N) is 2. The summed E-state index contributed by atoms with van der Waals surface area (Å²) >= 11 is 0. The van der Waals surface area contributed by atoms with E-state index in [1.807, 2.05) is 18.2 Å². The molecule has 1 aliphatic heterocycles. The molecule has 1 heterocycles. The van der Waals surface area contributed by atoms with Crippen molar-refractivity contribution in [2.24, 2.45) is 5.92 Å². The molecule has 0 atom stereocenters. The van der Waals surface area contributed by atoms with Crippen LogP contribution in [0.25, 0.3) is 0 Å². The highest BCUT2D eigenvalue weighted by Gasteiger charge is 2.28. The van der Waals surface area contributed by atoms with Gasteiger partial charge in [0.1, 0.15) is 5.82 Å². The largest absolute Gasteiger partial charge is 0.455 e. The van der Waals surface area contributed by atoms with Crippen molar-refractivity contribution in [2.75, 3.05) is 30.3 Å². The third-order valence-electron chi connectivity index (χ3n) is 4.59. The van der Waals surface area contributed by atoms with Crippen LogP contribution in [0.2, 0.25) is 0 Å². The Morgan fingerprint density at radius 1 is 0.966 bits per heavy atom. The van der Waals surface area contributed by atoms with E-state index in [9.17, 15) is 18.8 Å². The number of para-hydroxylation sites is 1. The second kappa shape index (κ2) is 9.68. The van der Waals surface area contributed by atoms with Crippen molar-refractivity contribution in [1.29, 1.82) is 0 Å². The minimum Gasteiger partial charge on any atom is -0.455 e. The van der Waals surface area contributed by atoms with Gasteiger partial charge in [-0.15, -0.1) is 0 Å². The van der Waals surface area contributed by atoms with Crippen LogP contribution < -0.4 is 10.6 Å². The molecule has 1 fully saturated rings. The SMILES string of the molecule is O=C(COC(=O)C1CCN(C(=O)Nc2ccccc2)CC1)Nc1cccc(F)c1. The number of likely N-dealkylation sites (tertiary alicyclic amines) is 1. The zero-order chi connectivity index (χ0) is 20.6. The third kappa shape index (κ3) is 6.03. The van der Waals surface area contributed by atoms with Crippen LogP contribution in [0, 0.1) is 11.7 Å². The monoisotopic (exact) mass is 399 g/mol. The van der Waals surface area contributed by atoms with E-state index in [-0.39, 0.29) is 11.9 Å². The normalized spacial score (nSPS) is 14.2. The van der Waals surface area contributed by atoms with Crippen molar-refractivity contribution in [1.82, 2.24) is 4.90 Å². The van der Waals surface area contributed by atoms with Gasteiger partial charge in [0.25, 0.3) is 5.91 Å². The number of esters is 1. The van der Waals surface area contributed by atoms with Crippen LogP contribution in [0.5, 0.6) is 0 Å². The number of carbonyl (C=O) groups is 3. The van der Waals surface area contributed by atoms with E-state index >= 15 is 0 Å². The van der Waals surface area contributed by atoms with Crippen LogP contribution >= 0.6 is 0 Å². The molecule has 0 saturated carbocycles. The molecule has 152 valence electrons. The molecule has 0 radical (unpaired) electrons. The molecular weight excluding hydrogens is 377 g/mol. The summed E-state index contributed by atoms with van der Waals surface area (Å²) in [5.74, 6) is -1.84. The Labute approximate surface area is 167 Å². The summed E-state index contributed by atoms with van der Waals surface area (Å²) in [6.45, 7) is 0.409. The van der Waals surface area contributed by atoms with Gasteiger partial charge in [-0.25, -0.2) is 9.18 Å². The van der Waals surface area contributed by atoms with Gasteiger partial charge < -0.3 is 20.3 Å². The molecule has 2 aromatic carbocycles. The number of urea groups is 1. The molecule has 29 heavy (non-hydrogen) atoms. The maximum Gasteiger partial charge on any atom is 0.321 e. The first kappa shape index (κ1) is 20.3. The first-order valence-electron chi connectivity index (χ1n) is 9.34. The Balaban J connectivity index is 1.39. The van der Waals surface area contributed by atoms with Crippen LogP contribution in [0.15, 0.2) is 54.6 Å². The highest BCUT2D eigenvalue weighted by Crippen LogP contribution is 2.20. The van der Waals surface area contributed by atoms with Crippen LogP contribution in [0.4, 0.5) is 20.6 Å². The fraction of sp³-hybridized carbons (Fsp3) is 0.286. The lowest BCUT2D eigenvalue weighted by Gasteiger charge is -2.30. The minimum absolute atomic E-state index is 0.211. The predicted octanol–water partition coefficient (Wildman–Crippen LogP) is 3.25. The number of halogens is 1. The fourth-order valence-corrected chi connectivity index (χ4v) is 3.06. The van der Waals surface area contributed by atoms with Gasteiger partial charge >= 0.3 is 12.0 Å². The zero-order valence-corrected chi connectivity index (χ0v) is 15.8. The molecule has 0 spiro atoms. The van der Waals surface area contributed by atoms with E-state index < -0.39 is 24.3 Å². The quantitative estimate of drug-likeness (QED) is 0.756. The van der Waals surface area contributed by atoms with Gasteiger partial charge in [0.05, 0.1) is 5.92 Å². The topological polar surface area (TPSA) is 87.7 Å². The van der Waals surface area contributed by atoms with Crippen molar-refractivity contribution in [3.63, 3.8) is 0 Å². The lowest BCUT2D eigenvalue weighted by atomic mass is 9.97. The van der Waals surface area contributed by atoms with E-state index in [0.29, 0.717) is 37.3 Å². The van der Waals surface area contributed by atoms with E-state index in [1.54, 1.807) is 23.1 Å². The Bertz CT molecular complexity index is 867. The van der Waals surface area contributed by atoms with Crippen LogP contribution in [-0.2, 0) is 14.3 Å².